The van der Waals surface area contributed by atoms with E-state index in [1.54, 1.807) is 0 Å². The van der Waals surface area contributed by atoms with Crippen molar-refractivity contribution in [3.8, 4) is 0 Å². The average Bonchev–Trinajstić information content (AvgIpc) is 2.28. The average molecular weight is 228 g/mol. The quantitative estimate of drug-likeness (QED) is 0.819. The molecule has 0 spiro atoms. The van der Waals surface area contributed by atoms with Crippen LogP contribution in [-0.2, 0) is 0 Å². The summed E-state index contributed by atoms with van der Waals surface area (Å²) < 4.78 is 26.0. The van der Waals surface area contributed by atoms with Crippen LogP contribution in [-0.4, -0.2) is 18.5 Å². The summed E-state index contributed by atoms with van der Waals surface area (Å²) in [6.07, 6.45) is 0.700. The molecule has 1 rings (SSSR count). The zero-order valence-corrected chi connectivity index (χ0v) is 8.97. The Balaban J connectivity index is 2.69. The number of nitrogens with one attached hydrogen (secondary N) is 1. The lowest BCUT2D eigenvalue weighted by atomic mass is 10.2. The Kier molecular flexibility index (Phi) is 4.37. The van der Waals surface area contributed by atoms with Crippen LogP contribution in [0.1, 0.15) is 23.7 Å². The maximum atomic E-state index is 13.2. The first-order chi connectivity index (χ1) is 7.54. The first-order valence-electron chi connectivity index (χ1n) is 5.03. The molecular weight excluding hydrogens is 214 g/mol. The van der Waals surface area contributed by atoms with Crippen LogP contribution < -0.4 is 11.1 Å². The van der Waals surface area contributed by atoms with E-state index < -0.39 is 17.5 Å². The molecule has 0 radical (unpaired) electrons. The van der Waals surface area contributed by atoms with E-state index in [2.05, 4.69) is 5.32 Å². The summed E-state index contributed by atoms with van der Waals surface area (Å²) in [5.74, 6) is -2.05. The molecule has 0 aliphatic heterocycles. The fourth-order valence-electron chi connectivity index (χ4n) is 1.13. The third kappa shape index (κ3) is 3.27. The third-order valence-electron chi connectivity index (χ3n) is 2.22. The van der Waals surface area contributed by atoms with Crippen molar-refractivity contribution in [1.82, 2.24) is 5.32 Å². The molecule has 16 heavy (non-hydrogen) atoms. The first kappa shape index (κ1) is 12.6. The second kappa shape index (κ2) is 5.55. The molecule has 88 valence electrons. The molecule has 0 fully saturated rings. The molecule has 0 aliphatic rings. The topological polar surface area (TPSA) is 55.1 Å². The fraction of sp³-hybridized carbons (Fsp3) is 0.364. The zero-order chi connectivity index (χ0) is 12.1. The minimum atomic E-state index is -0.746. The van der Waals surface area contributed by atoms with Crippen LogP contribution in [0.2, 0.25) is 0 Å². The molecule has 3 N–H and O–H groups in total. The molecule has 1 unspecified atom stereocenters. The first-order valence-corrected chi connectivity index (χ1v) is 5.03. The lowest BCUT2D eigenvalue weighted by molar-refractivity contribution is 0.0946. The number of benzene rings is 1. The molecule has 1 atom stereocenters. The Morgan fingerprint density at radius 3 is 2.81 bits per heavy atom. The number of nitrogens with two attached hydrogens (primary N) is 1. The molecule has 0 saturated heterocycles. The van der Waals surface area contributed by atoms with E-state index in [4.69, 9.17) is 5.73 Å². The van der Waals surface area contributed by atoms with Gasteiger partial charge in [-0.25, -0.2) is 8.78 Å². The fourth-order valence-corrected chi connectivity index (χ4v) is 1.13. The molecule has 0 heterocycles. The highest BCUT2D eigenvalue weighted by atomic mass is 19.1. The largest absolute Gasteiger partial charge is 0.350 e. The van der Waals surface area contributed by atoms with Crippen molar-refractivity contribution in [3.63, 3.8) is 0 Å². The van der Waals surface area contributed by atoms with Gasteiger partial charge in [0.2, 0.25) is 0 Å². The van der Waals surface area contributed by atoms with E-state index in [0.29, 0.717) is 6.42 Å². The lowest BCUT2D eigenvalue weighted by Gasteiger charge is -2.10. The van der Waals surface area contributed by atoms with E-state index in [1.165, 1.54) is 0 Å². The molecule has 0 aromatic heterocycles. The van der Waals surface area contributed by atoms with Crippen molar-refractivity contribution >= 4 is 5.91 Å². The summed E-state index contributed by atoms with van der Waals surface area (Å²) in [5, 5.41) is 2.45. The Hall–Kier alpha value is -1.49. The highest BCUT2D eigenvalue weighted by molar-refractivity contribution is 5.94. The Bertz CT molecular complexity index is 382. The number of hydrogen-bond acceptors (Lipinski definition) is 2. The SMILES string of the molecule is CCC(N)CNC(=O)c1cc(F)ccc1F. The van der Waals surface area contributed by atoms with Gasteiger partial charge in [0.15, 0.2) is 0 Å². The Morgan fingerprint density at radius 1 is 1.50 bits per heavy atom. The van der Waals surface area contributed by atoms with Crippen LogP contribution >= 0.6 is 0 Å². The van der Waals surface area contributed by atoms with Gasteiger partial charge in [-0.1, -0.05) is 6.92 Å². The molecule has 1 aromatic carbocycles. The van der Waals surface area contributed by atoms with Crippen LogP contribution in [0.5, 0.6) is 0 Å². The highest BCUT2D eigenvalue weighted by Crippen LogP contribution is 2.09. The normalized spacial score (nSPS) is 12.2. The molecule has 0 aliphatic carbocycles. The zero-order valence-electron chi connectivity index (χ0n) is 8.97. The van der Waals surface area contributed by atoms with Crippen molar-refractivity contribution in [2.24, 2.45) is 5.73 Å². The van der Waals surface area contributed by atoms with Crippen molar-refractivity contribution < 1.29 is 13.6 Å². The Morgan fingerprint density at radius 2 is 2.19 bits per heavy atom. The minimum Gasteiger partial charge on any atom is -0.350 e. The van der Waals surface area contributed by atoms with Gasteiger partial charge >= 0.3 is 0 Å². The monoisotopic (exact) mass is 228 g/mol. The van der Waals surface area contributed by atoms with Crippen LogP contribution in [0.3, 0.4) is 0 Å². The van der Waals surface area contributed by atoms with E-state index in [-0.39, 0.29) is 18.2 Å². The smallest absolute Gasteiger partial charge is 0.254 e. The maximum absolute atomic E-state index is 13.2. The van der Waals surface area contributed by atoms with Gasteiger partial charge in [0, 0.05) is 12.6 Å². The van der Waals surface area contributed by atoms with Gasteiger partial charge in [-0.3, -0.25) is 4.79 Å². The minimum absolute atomic E-state index is 0.180. The van der Waals surface area contributed by atoms with Crippen molar-refractivity contribution in [2.45, 2.75) is 19.4 Å². The second-order valence-corrected chi connectivity index (χ2v) is 3.50. The summed E-state index contributed by atoms with van der Waals surface area (Å²) in [4.78, 5) is 11.5. The molecule has 0 saturated carbocycles. The highest BCUT2D eigenvalue weighted by Gasteiger charge is 2.13. The van der Waals surface area contributed by atoms with E-state index >= 15 is 0 Å². The molecule has 5 heteroatoms. The molecule has 1 amide bonds. The standard InChI is InChI=1S/C11H14F2N2O/c1-2-8(14)6-15-11(16)9-5-7(12)3-4-10(9)13/h3-5,8H,2,6,14H2,1H3,(H,15,16). The van der Waals surface area contributed by atoms with Crippen molar-refractivity contribution in [3.05, 3.63) is 35.4 Å². The van der Waals surface area contributed by atoms with Crippen LogP contribution in [0.15, 0.2) is 18.2 Å². The third-order valence-corrected chi connectivity index (χ3v) is 2.22. The van der Waals surface area contributed by atoms with E-state index in [1.807, 2.05) is 6.92 Å². The van der Waals surface area contributed by atoms with Crippen molar-refractivity contribution in [2.75, 3.05) is 6.54 Å². The van der Waals surface area contributed by atoms with Gasteiger partial charge in [-0.15, -0.1) is 0 Å². The second-order valence-electron chi connectivity index (χ2n) is 3.50. The molecule has 0 bridgehead atoms. The van der Waals surface area contributed by atoms with Gasteiger partial charge in [0.05, 0.1) is 5.56 Å². The molecular formula is C11H14F2N2O. The van der Waals surface area contributed by atoms with Gasteiger partial charge in [-0.05, 0) is 24.6 Å². The lowest BCUT2D eigenvalue weighted by Crippen LogP contribution is -2.37. The summed E-state index contributed by atoms with van der Waals surface area (Å²) in [7, 11) is 0. The molecule has 1 aromatic rings. The number of amides is 1. The van der Waals surface area contributed by atoms with Crippen LogP contribution in [0.25, 0.3) is 0 Å². The van der Waals surface area contributed by atoms with E-state index in [0.717, 1.165) is 18.2 Å². The summed E-state index contributed by atoms with van der Waals surface area (Å²) in [6.45, 7) is 2.12. The van der Waals surface area contributed by atoms with Crippen molar-refractivity contribution in [1.29, 1.82) is 0 Å². The van der Waals surface area contributed by atoms with E-state index in [9.17, 15) is 13.6 Å². The van der Waals surface area contributed by atoms with Crippen LogP contribution in [0.4, 0.5) is 8.78 Å². The summed E-state index contributed by atoms with van der Waals surface area (Å²) in [5.41, 5.74) is 5.28. The Labute approximate surface area is 92.6 Å². The van der Waals surface area contributed by atoms with Gasteiger partial charge in [0.1, 0.15) is 11.6 Å². The molecule has 3 nitrogen and oxygen atoms in total. The predicted octanol–water partition coefficient (Wildman–Crippen LogP) is 1.43. The summed E-state index contributed by atoms with van der Waals surface area (Å²) >= 11 is 0. The predicted molar refractivity (Wildman–Crippen MR) is 57.0 cm³/mol. The summed E-state index contributed by atoms with van der Waals surface area (Å²) in [6, 6.07) is 2.57. The van der Waals surface area contributed by atoms with Crippen LogP contribution in [0, 0.1) is 11.6 Å². The number of carbonyl (C=O) groups is 1. The number of halogens is 2. The van der Waals surface area contributed by atoms with Gasteiger partial charge in [-0.2, -0.15) is 0 Å². The number of hydrogen-bond donors (Lipinski definition) is 2. The van der Waals surface area contributed by atoms with Gasteiger partial charge < -0.3 is 11.1 Å². The number of carbonyl (C=O) groups excluding carboxylic acids is 1. The maximum Gasteiger partial charge on any atom is 0.254 e. The number of rotatable bonds is 4. The van der Waals surface area contributed by atoms with Gasteiger partial charge in [0.25, 0.3) is 5.91 Å².